The lowest BCUT2D eigenvalue weighted by atomic mass is 10.1. The average Bonchev–Trinajstić information content (AvgIpc) is 3.30. The van der Waals surface area contributed by atoms with Crippen LogP contribution in [0.3, 0.4) is 0 Å². The van der Waals surface area contributed by atoms with E-state index in [1.807, 2.05) is 24.3 Å². The number of halogens is 1. The van der Waals surface area contributed by atoms with Crippen LogP contribution in [0.4, 0.5) is 0 Å². The van der Waals surface area contributed by atoms with Crippen molar-refractivity contribution >= 4 is 17.5 Å². The van der Waals surface area contributed by atoms with Crippen LogP contribution < -0.4 is 9.47 Å². The van der Waals surface area contributed by atoms with Gasteiger partial charge in [-0.3, -0.25) is 9.48 Å². The van der Waals surface area contributed by atoms with Crippen molar-refractivity contribution < 1.29 is 19.0 Å². The van der Waals surface area contributed by atoms with Gasteiger partial charge in [-0.1, -0.05) is 23.7 Å². The summed E-state index contributed by atoms with van der Waals surface area (Å²) >= 11 is 6.26. The van der Waals surface area contributed by atoms with Gasteiger partial charge >= 0.3 is 0 Å². The molecule has 7 nitrogen and oxygen atoms in total. The second kappa shape index (κ2) is 7.78. The number of hydrogen-bond donors (Lipinski definition) is 0. The summed E-state index contributed by atoms with van der Waals surface area (Å²) in [5, 5.41) is 4.92. The van der Waals surface area contributed by atoms with Gasteiger partial charge in [-0.25, -0.2) is 0 Å². The monoisotopic (exact) mass is 391 g/mol. The fourth-order valence-electron chi connectivity index (χ4n) is 3.41. The van der Waals surface area contributed by atoms with Crippen molar-refractivity contribution in [2.75, 3.05) is 26.4 Å². The maximum Gasteiger partial charge on any atom is 0.228 e. The molecule has 0 bridgehead atoms. The van der Waals surface area contributed by atoms with Crippen LogP contribution in [0, 0.1) is 5.92 Å². The summed E-state index contributed by atoms with van der Waals surface area (Å²) < 4.78 is 18.9. The summed E-state index contributed by atoms with van der Waals surface area (Å²) in [6.07, 6.45) is 2.21. The van der Waals surface area contributed by atoms with Crippen molar-refractivity contribution in [3.63, 3.8) is 0 Å². The topological polar surface area (TPSA) is 65.8 Å². The molecule has 3 heterocycles. The van der Waals surface area contributed by atoms with E-state index in [4.69, 9.17) is 25.8 Å². The Balaban J connectivity index is 1.51. The molecule has 2 aliphatic heterocycles. The zero-order valence-electron chi connectivity index (χ0n) is 15.1. The molecule has 1 saturated heterocycles. The van der Waals surface area contributed by atoms with Crippen molar-refractivity contribution in [3.8, 4) is 11.5 Å². The summed E-state index contributed by atoms with van der Waals surface area (Å²) in [7, 11) is 1.81. The van der Waals surface area contributed by atoms with E-state index in [-0.39, 0.29) is 17.9 Å². The predicted molar refractivity (Wildman–Crippen MR) is 98.9 cm³/mol. The summed E-state index contributed by atoms with van der Waals surface area (Å²) in [4.78, 5) is 14.8. The number of benzene rings is 1. The van der Waals surface area contributed by atoms with Crippen molar-refractivity contribution in [1.29, 1.82) is 0 Å². The molecule has 0 spiro atoms. The molecule has 1 fully saturated rings. The van der Waals surface area contributed by atoms with Gasteiger partial charge < -0.3 is 19.1 Å². The molecule has 0 unspecified atom stereocenters. The molecule has 2 aromatic rings. The van der Waals surface area contributed by atoms with Crippen molar-refractivity contribution in [1.82, 2.24) is 14.7 Å². The first-order valence-corrected chi connectivity index (χ1v) is 9.41. The fraction of sp³-hybridized carbons (Fsp3) is 0.474. The van der Waals surface area contributed by atoms with Crippen LogP contribution in [0.2, 0.25) is 5.02 Å². The summed E-state index contributed by atoms with van der Waals surface area (Å²) in [5.41, 5.74) is 0.670. The highest BCUT2D eigenvalue weighted by Crippen LogP contribution is 2.31. The Labute approximate surface area is 162 Å². The Kier molecular flexibility index (Phi) is 5.22. The third-order valence-corrected chi connectivity index (χ3v) is 5.09. The van der Waals surface area contributed by atoms with Gasteiger partial charge in [-0.2, -0.15) is 5.10 Å². The number of aromatic nitrogens is 2. The molecule has 1 aromatic heterocycles. The molecule has 2 aliphatic rings. The molecule has 144 valence electrons. The predicted octanol–water partition coefficient (Wildman–Crippen LogP) is 2.28. The number of carbonyl (C=O) groups is 1. The van der Waals surface area contributed by atoms with Crippen molar-refractivity contribution in [3.05, 3.63) is 41.2 Å². The van der Waals surface area contributed by atoms with Gasteiger partial charge in [0.2, 0.25) is 5.91 Å². The second-order valence-electron chi connectivity index (χ2n) is 6.87. The average molecular weight is 392 g/mol. The zero-order valence-corrected chi connectivity index (χ0v) is 15.9. The Morgan fingerprint density at radius 3 is 2.85 bits per heavy atom. The molecule has 8 heteroatoms. The number of nitrogens with zero attached hydrogens (tertiary/aromatic N) is 3. The highest BCUT2D eigenvalue weighted by Gasteiger charge is 2.32. The van der Waals surface area contributed by atoms with Crippen LogP contribution in [0.1, 0.15) is 12.1 Å². The standard InChI is InChI=1S/C19H22ClN3O4/c1-22-9-15(20)16(21-22)10-23(19(24)13-6-7-25-11-13)8-14-12-26-17-4-2-3-5-18(17)27-14/h2-5,9,13-14H,6-8,10-12H2,1H3/t13-,14-/m1/s1. The van der Waals surface area contributed by atoms with Gasteiger partial charge in [-0.05, 0) is 18.6 Å². The fourth-order valence-corrected chi connectivity index (χ4v) is 3.65. The smallest absolute Gasteiger partial charge is 0.228 e. The van der Waals surface area contributed by atoms with Gasteiger partial charge in [-0.15, -0.1) is 0 Å². The van der Waals surface area contributed by atoms with Gasteiger partial charge in [0.25, 0.3) is 0 Å². The minimum absolute atomic E-state index is 0.0386. The van der Waals surface area contributed by atoms with Crippen molar-refractivity contribution in [2.24, 2.45) is 13.0 Å². The number of ether oxygens (including phenoxy) is 3. The summed E-state index contributed by atoms with van der Waals surface area (Å²) in [6.45, 7) is 2.19. The first-order valence-electron chi connectivity index (χ1n) is 9.03. The first kappa shape index (κ1) is 18.1. The summed E-state index contributed by atoms with van der Waals surface area (Å²) in [6, 6.07) is 7.55. The molecule has 0 aliphatic carbocycles. The Bertz CT molecular complexity index is 819. The highest BCUT2D eigenvalue weighted by molar-refractivity contribution is 6.31. The van der Waals surface area contributed by atoms with Crippen molar-refractivity contribution in [2.45, 2.75) is 19.1 Å². The Morgan fingerprint density at radius 2 is 2.15 bits per heavy atom. The summed E-state index contributed by atoms with van der Waals surface area (Å²) in [5.74, 6) is 1.32. The molecule has 1 aromatic carbocycles. The van der Waals surface area contributed by atoms with E-state index in [1.165, 1.54) is 0 Å². The van der Waals surface area contributed by atoms with E-state index in [0.29, 0.717) is 49.4 Å². The highest BCUT2D eigenvalue weighted by atomic mass is 35.5. The van der Waals surface area contributed by atoms with Crippen LogP contribution in [0.15, 0.2) is 30.5 Å². The van der Waals surface area contributed by atoms with E-state index >= 15 is 0 Å². The van der Waals surface area contributed by atoms with E-state index in [0.717, 1.165) is 12.2 Å². The second-order valence-corrected chi connectivity index (χ2v) is 7.28. The molecule has 4 rings (SSSR count). The van der Waals surface area contributed by atoms with Gasteiger partial charge in [0.1, 0.15) is 12.3 Å². The molecule has 0 radical (unpaired) electrons. The molecular formula is C19H22ClN3O4. The van der Waals surface area contributed by atoms with E-state index in [2.05, 4.69) is 5.10 Å². The van der Waals surface area contributed by atoms with Crippen LogP contribution in [-0.2, 0) is 23.1 Å². The largest absolute Gasteiger partial charge is 0.486 e. The Morgan fingerprint density at radius 1 is 1.33 bits per heavy atom. The van der Waals surface area contributed by atoms with Crippen LogP contribution in [0.25, 0.3) is 0 Å². The molecule has 27 heavy (non-hydrogen) atoms. The van der Waals surface area contributed by atoms with E-state index < -0.39 is 0 Å². The van der Waals surface area contributed by atoms with Crippen LogP contribution in [-0.4, -0.2) is 53.1 Å². The lowest BCUT2D eigenvalue weighted by molar-refractivity contribution is -0.137. The molecular weight excluding hydrogens is 370 g/mol. The number of para-hydroxylation sites is 2. The number of carbonyl (C=O) groups excluding carboxylic acids is 1. The van der Waals surface area contributed by atoms with E-state index in [9.17, 15) is 4.79 Å². The SMILES string of the molecule is Cn1cc(Cl)c(CN(C[C@@H]2COc3ccccc3O2)C(=O)[C@@H]2CCOC2)n1. The number of amides is 1. The number of rotatable bonds is 5. The zero-order chi connectivity index (χ0) is 18.8. The van der Waals surface area contributed by atoms with E-state index in [1.54, 1.807) is 22.8 Å². The van der Waals surface area contributed by atoms with Crippen LogP contribution in [0.5, 0.6) is 11.5 Å². The number of aryl methyl sites for hydroxylation is 1. The normalized spacial score (nSPS) is 21.3. The number of hydrogen-bond acceptors (Lipinski definition) is 5. The quantitative estimate of drug-likeness (QED) is 0.782. The minimum Gasteiger partial charge on any atom is -0.486 e. The van der Waals surface area contributed by atoms with Crippen LogP contribution >= 0.6 is 11.6 Å². The maximum absolute atomic E-state index is 13.1. The third-order valence-electron chi connectivity index (χ3n) is 4.78. The lowest BCUT2D eigenvalue weighted by Crippen LogP contribution is -2.45. The molecule has 2 atom stereocenters. The maximum atomic E-state index is 13.1. The van der Waals surface area contributed by atoms with Gasteiger partial charge in [0.15, 0.2) is 17.6 Å². The third kappa shape index (κ3) is 4.04. The Hall–Kier alpha value is -2.25. The molecule has 0 saturated carbocycles. The van der Waals surface area contributed by atoms with Gasteiger partial charge in [0, 0.05) is 19.9 Å². The van der Waals surface area contributed by atoms with Gasteiger partial charge in [0.05, 0.1) is 30.6 Å². The minimum atomic E-state index is -0.256. The molecule has 1 amide bonds. The first-order chi connectivity index (χ1) is 13.1. The lowest BCUT2D eigenvalue weighted by Gasteiger charge is -2.32. The molecule has 0 N–H and O–H groups in total. The number of fused-ring (bicyclic) bond motifs is 1.